The Morgan fingerprint density at radius 1 is 1.00 bits per heavy atom. The highest BCUT2D eigenvalue weighted by molar-refractivity contribution is 7.89. The van der Waals surface area contributed by atoms with Crippen LogP contribution in [0.1, 0.15) is 5.56 Å². The monoisotopic (exact) mass is 551 g/mol. The van der Waals surface area contributed by atoms with Crippen molar-refractivity contribution in [2.24, 2.45) is 0 Å². The zero-order chi connectivity index (χ0) is 27.8. The minimum absolute atomic E-state index is 0.0184. The van der Waals surface area contributed by atoms with Gasteiger partial charge in [0, 0.05) is 44.1 Å². The Morgan fingerprint density at radius 2 is 1.69 bits per heavy atom. The van der Waals surface area contributed by atoms with Gasteiger partial charge >= 0.3 is 12.0 Å². The number of nitrogens with zero attached hydrogens (tertiary/aromatic N) is 3. The third-order valence-corrected chi connectivity index (χ3v) is 8.18. The number of piperazine rings is 1. The fourth-order valence-electron chi connectivity index (χ4n) is 4.26. The van der Waals surface area contributed by atoms with Crippen LogP contribution in [-0.4, -0.2) is 79.3 Å². The molecule has 0 saturated carbocycles. The number of methoxy groups -OCH3 is 1. The summed E-state index contributed by atoms with van der Waals surface area (Å²) in [7, 11) is -2.90. The van der Waals surface area contributed by atoms with Crippen molar-refractivity contribution in [1.82, 2.24) is 19.5 Å². The quantitative estimate of drug-likeness (QED) is 0.408. The van der Waals surface area contributed by atoms with Crippen LogP contribution in [0.25, 0.3) is 0 Å². The molecule has 3 aromatic rings. The lowest BCUT2D eigenvalue weighted by Gasteiger charge is -2.39. The van der Waals surface area contributed by atoms with E-state index in [1.807, 2.05) is 6.07 Å². The number of para-hydroxylation sites is 1. The van der Waals surface area contributed by atoms with Crippen LogP contribution in [0.2, 0.25) is 0 Å². The Kier molecular flexibility index (Phi) is 8.89. The number of hydrogen-bond donors (Lipinski definition) is 2. The maximum absolute atomic E-state index is 13.6. The molecule has 0 bridgehead atoms. The summed E-state index contributed by atoms with van der Waals surface area (Å²) in [5.74, 6) is -1.43. The average molecular weight is 552 g/mol. The Bertz CT molecular complexity index is 1390. The molecule has 2 unspecified atom stereocenters. The lowest BCUT2D eigenvalue weighted by molar-refractivity contribution is -0.145. The maximum atomic E-state index is 13.6. The summed E-state index contributed by atoms with van der Waals surface area (Å²) < 4.78 is 33.1. The molecule has 2 heterocycles. The van der Waals surface area contributed by atoms with Crippen LogP contribution in [0.15, 0.2) is 90.1 Å². The molecule has 1 aliphatic heterocycles. The molecule has 1 aliphatic rings. The fourth-order valence-corrected chi connectivity index (χ4v) is 5.85. The van der Waals surface area contributed by atoms with Gasteiger partial charge in [0.1, 0.15) is 12.1 Å². The number of aromatic nitrogens is 1. The van der Waals surface area contributed by atoms with Gasteiger partial charge in [0.25, 0.3) is 0 Å². The molecule has 4 rings (SSSR count). The molecule has 2 N–H and O–H groups in total. The standard InChI is InChI=1S/C27H29N5O6S/c1-38-26(34)23(17-20-9-8-14-28-18-20)30-25(33)24-19-31(27(35)29-21-10-4-2-5-11-21)15-16-32(24)39(36,37)22-12-6-3-7-13-22/h2-14,18,23-24H,15-17,19H2,1H3,(H,29,35)(H,30,33). The van der Waals surface area contributed by atoms with Crippen molar-refractivity contribution in [3.05, 3.63) is 90.8 Å². The predicted octanol–water partition coefficient (Wildman–Crippen LogP) is 1.89. The molecule has 1 fully saturated rings. The fraction of sp³-hybridized carbons (Fsp3) is 0.259. The van der Waals surface area contributed by atoms with E-state index in [4.69, 9.17) is 4.74 Å². The molecule has 3 amide bonds. The second-order valence-electron chi connectivity index (χ2n) is 8.84. The van der Waals surface area contributed by atoms with Crippen LogP contribution in [0, 0.1) is 0 Å². The first-order valence-electron chi connectivity index (χ1n) is 12.2. The third kappa shape index (κ3) is 6.78. The molecule has 2 aromatic carbocycles. The molecule has 11 nitrogen and oxygen atoms in total. The van der Waals surface area contributed by atoms with Gasteiger partial charge in [-0.3, -0.25) is 9.78 Å². The molecule has 1 saturated heterocycles. The summed E-state index contributed by atoms with van der Waals surface area (Å²) in [5.41, 5.74) is 1.24. The van der Waals surface area contributed by atoms with Gasteiger partial charge in [-0.2, -0.15) is 4.31 Å². The summed E-state index contributed by atoms with van der Waals surface area (Å²) in [6.07, 6.45) is 3.23. The van der Waals surface area contributed by atoms with Gasteiger partial charge in [0.15, 0.2) is 0 Å². The molecule has 2 atom stereocenters. The molecular weight excluding hydrogens is 522 g/mol. The van der Waals surface area contributed by atoms with Crippen LogP contribution in [0.3, 0.4) is 0 Å². The number of carbonyl (C=O) groups excluding carboxylic acids is 3. The summed E-state index contributed by atoms with van der Waals surface area (Å²) >= 11 is 0. The van der Waals surface area contributed by atoms with Gasteiger partial charge in [0.2, 0.25) is 15.9 Å². The summed E-state index contributed by atoms with van der Waals surface area (Å²) in [6.45, 7) is -0.287. The number of hydrogen-bond acceptors (Lipinski definition) is 7. The molecule has 12 heteroatoms. The van der Waals surface area contributed by atoms with Crippen molar-refractivity contribution in [2.75, 3.05) is 32.1 Å². The SMILES string of the molecule is COC(=O)C(Cc1cccnc1)NC(=O)C1CN(C(=O)Nc2ccccc2)CCN1S(=O)(=O)c1ccccc1. The van der Waals surface area contributed by atoms with Gasteiger partial charge in [-0.15, -0.1) is 0 Å². The lowest BCUT2D eigenvalue weighted by atomic mass is 10.1. The van der Waals surface area contributed by atoms with Gasteiger partial charge < -0.3 is 20.3 Å². The Labute approximate surface area is 226 Å². The number of urea groups is 1. The van der Waals surface area contributed by atoms with E-state index in [0.717, 1.165) is 4.31 Å². The van der Waals surface area contributed by atoms with E-state index in [2.05, 4.69) is 15.6 Å². The van der Waals surface area contributed by atoms with Crippen molar-refractivity contribution in [3.8, 4) is 0 Å². The zero-order valence-electron chi connectivity index (χ0n) is 21.3. The molecular formula is C27H29N5O6S. The molecule has 39 heavy (non-hydrogen) atoms. The largest absolute Gasteiger partial charge is 0.467 e. The zero-order valence-corrected chi connectivity index (χ0v) is 22.1. The lowest BCUT2D eigenvalue weighted by Crippen LogP contribution is -2.63. The van der Waals surface area contributed by atoms with E-state index in [1.165, 1.54) is 24.1 Å². The van der Waals surface area contributed by atoms with Gasteiger partial charge in [0.05, 0.1) is 12.0 Å². The first-order chi connectivity index (χ1) is 18.8. The normalized spacial score (nSPS) is 16.6. The van der Waals surface area contributed by atoms with E-state index in [-0.39, 0.29) is 31.0 Å². The van der Waals surface area contributed by atoms with Gasteiger partial charge in [-0.1, -0.05) is 42.5 Å². The van der Waals surface area contributed by atoms with Crippen molar-refractivity contribution in [2.45, 2.75) is 23.4 Å². The summed E-state index contributed by atoms with van der Waals surface area (Å²) in [4.78, 5) is 44.6. The van der Waals surface area contributed by atoms with E-state index < -0.39 is 40.0 Å². The maximum Gasteiger partial charge on any atom is 0.328 e. The van der Waals surface area contributed by atoms with E-state index in [9.17, 15) is 22.8 Å². The smallest absolute Gasteiger partial charge is 0.328 e. The summed E-state index contributed by atoms with van der Waals surface area (Å²) in [5, 5.41) is 5.41. The van der Waals surface area contributed by atoms with Crippen molar-refractivity contribution in [1.29, 1.82) is 0 Å². The van der Waals surface area contributed by atoms with E-state index in [0.29, 0.717) is 11.3 Å². The number of ether oxygens (including phenoxy) is 1. The van der Waals surface area contributed by atoms with Crippen LogP contribution in [-0.2, 0) is 30.8 Å². The van der Waals surface area contributed by atoms with Gasteiger partial charge in [-0.05, 0) is 35.9 Å². The third-order valence-electron chi connectivity index (χ3n) is 6.26. The number of sulfonamides is 1. The number of benzene rings is 2. The van der Waals surface area contributed by atoms with Crippen molar-refractivity contribution < 1.29 is 27.5 Å². The van der Waals surface area contributed by atoms with Crippen LogP contribution < -0.4 is 10.6 Å². The Morgan fingerprint density at radius 3 is 2.33 bits per heavy atom. The number of rotatable bonds is 8. The van der Waals surface area contributed by atoms with Crippen molar-refractivity contribution >= 4 is 33.6 Å². The van der Waals surface area contributed by atoms with Crippen LogP contribution in [0.4, 0.5) is 10.5 Å². The topological polar surface area (TPSA) is 138 Å². The first kappa shape index (κ1) is 27.7. The number of amides is 3. The van der Waals surface area contributed by atoms with Crippen LogP contribution >= 0.6 is 0 Å². The minimum atomic E-state index is -4.10. The minimum Gasteiger partial charge on any atom is -0.467 e. The Hall–Kier alpha value is -4.29. The second kappa shape index (κ2) is 12.5. The Balaban J connectivity index is 1.60. The molecule has 0 aliphatic carbocycles. The van der Waals surface area contributed by atoms with E-state index in [1.54, 1.807) is 67.0 Å². The van der Waals surface area contributed by atoms with Crippen molar-refractivity contribution in [3.63, 3.8) is 0 Å². The molecule has 204 valence electrons. The molecule has 0 radical (unpaired) electrons. The molecule has 0 spiro atoms. The van der Waals surface area contributed by atoms with Crippen LogP contribution in [0.5, 0.6) is 0 Å². The average Bonchev–Trinajstić information content (AvgIpc) is 2.97. The number of anilines is 1. The predicted molar refractivity (Wildman–Crippen MR) is 143 cm³/mol. The number of carbonyl (C=O) groups is 3. The first-order valence-corrected chi connectivity index (χ1v) is 13.7. The number of nitrogens with one attached hydrogen (secondary N) is 2. The van der Waals surface area contributed by atoms with Gasteiger partial charge in [-0.25, -0.2) is 18.0 Å². The number of pyridine rings is 1. The highest BCUT2D eigenvalue weighted by Crippen LogP contribution is 2.23. The summed E-state index contributed by atoms with van der Waals surface area (Å²) in [6, 6.07) is 17.1. The highest BCUT2D eigenvalue weighted by atomic mass is 32.2. The second-order valence-corrected chi connectivity index (χ2v) is 10.7. The van der Waals surface area contributed by atoms with E-state index >= 15 is 0 Å². The number of esters is 1. The highest BCUT2D eigenvalue weighted by Gasteiger charge is 2.42. The molecule has 1 aromatic heterocycles.